The zero-order valence-corrected chi connectivity index (χ0v) is 16.8. The van der Waals surface area contributed by atoms with E-state index < -0.39 is 0 Å². The van der Waals surface area contributed by atoms with Crippen LogP contribution in [0.15, 0.2) is 48.0 Å². The molecule has 0 aliphatic rings. The van der Waals surface area contributed by atoms with Crippen molar-refractivity contribution in [1.29, 1.82) is 0 Å². The van der Waals surface area contributed by atoms with E-state index in [0.717, 1.165) is 34.6 Å². The molecule has 0 saturated carbocycles. The van der Waals surface area contributed by atoms with Crippen molar-refractivity contribution in [2.24, 2.45) is 0 Å². The highest BCUT2D eigenvalue weighted by Gasteiger charge is 2.20. The zero-order valence-electron chi connectivity index (χ0n) is 16.0. The lowest BCUT2D eigenvalue weighted by molar-refractivity contribution is -0.117. The summed E-state index contributed by atoms with van der Waals surface area (Å²) >= 11 is 1.58. The fourth-order valence-corrected chi connectivity index (χ4v) is 3.59. The van der Waals surface area contributed by atoms with Crippen LogP contribution in [-0.2, 0) is 4.79 Å². The number of fused-ring (bicyclic) bond motifs is 1. The Bertz CT molecular complexity index is 889. The van der Waals surface area contributed by atoms with Gasteiger partial charge in [-0.25, -0.2) is 4.98 Å². The maximum absolute atomic E-state index is 13.0. The molecule has 3 aromatic rings. The number of carbonyl (C=O) groups is 1. The highest BCUT2D eigenvalue weighted by Crippen LogP contribution is 2.24. The molecule has 0 radical (unpaired) electrons. The van der Waals surface area contributed by atoms with Gasteiger partial charge in [0.2, 0.25) is 5.91 Å². The largest absolute Gasteiger partial charge is 0.325 e. The number of rotatable bonds is 8. The first-order chi connectivity index (χ1) is 13.0. The lowest BCUT2D eigenvalue weighted by atomic mass is 9.97. The number of hydrogen-bond donors (Lipinski definition) is 2. The highest BCUT2D eigenvalue weighted by atomic mass is 32.1. The summed E-state index contributed by atoms with van der Waals surface area (Å²) in [4.78, 5) is 19.4. The molecule has 142 valence electrons. The Balaban J connectivity index is 1.73. The van der Waals surface area contributed by atoms with Crippen molar-refractivity contribution in [3.8, 4) is 0 Å². The van der Waals surface area contributed by atoms with Crippen molar-refractivity contribution in [3.63, 3.8) is 0 Å². The molecule has 0 fully saturated rings. The van der Waals surface area contributed by atoms with Gasteiger partial charge in [0.05, 0.1) is 21.6 Å². The van der Waals surface area contributed by atoms with Crippen LogP contribution >= 0.6 is 11.3 Å². The van der Waals surface area contributed by atoms with E-state index in [1.54, 1.807) is 11.3 Å². The lowest BCUT2D eigenvalue weighted by Crippen LogP contribution is -2.34. The molecule has 1 atom stereocenters. The van der Waals surface area contributed by atoms with E-state index in [2.05, 4.69) is 39.6 Å². The summed E-state index contributed by atoms with van der Waals surface area (Å²) in [6, 6.07) is 14.0. The van der Waals surface area contributed by atoms with Gasteiger partial charge in [-0.3, -0.25) is 4.79 Å². The van der Waals surface area contributed by atoms with Crippen molar-refractivity contribution in [1.82, 2.24) is 15.2 Å². The Morgan fingerprint density at radius 1 is 1.19 bits per heavy atom. The van der Waals surface area contributed by atoms with E-state index in [1.807, 2.05) is 49.9 Å². The van der Waals surface area contributed by atoms with Crippen LogP contribution < -0.4 is 10.6 Å². The maximum Gasteiger partial charge on any atom is 0.233 e. The number of anilines is 1. The summed E-state index contributed by atoms with van der Waals surface area (Å²) < 4.78 is 1.07. The number of aryl methyl sites for hydroxylation is 1. The van der Waals surface area contributed by atoms with Gasteiger partial charge in [-0.2, -0.15) is 0 Å². The molecule has 0 aliphatic carbocycles. The van der Waals surface area contributed by atoms with Gasteiger partial charge in [0.15, 0.2) is 0 Å². The summed E-state index contributed by atoms with van der Waals surface area (Å²) in [5.74, 6) is -0.245. The lowest BCUT2D eigenvalue weighted by Gasteiger charge is -2.19. The summed E-state index contributed by atoms with van der Waals surface area (Å²) in [6.07, 6.45) is 0. The van der Waals surface area contributed by atoms with Crippen LogP contribution in [0.1, 0.15) is 17.0 Å². The van der Waals surface area contributed by atoms with E-state index in [-0.39, 0.29) is 11.8 Å². The van der Waals surface area contributed by atoms with Gasteiger partial charge >= 0.3 is 0 Å². The van der Waals surface area contributed by atoms with Crippen molar-refractivity contribution < 1.29 is 4.79 Å². The third kappa shape index (κ3) is 5.35. The molecule has 0 aliphatic heterocycles. The number of aromatic nitrogens is 1. The van der Waals surface area contributed by atoms with Gasteiger partial charge in [-0.1, -0.05) is 29.8 Å². The number of nitrogens with zero attached hydrogens (tertiary/aromatic N) is 2. The Morgan fingerprint density at radius 3 is 2.70 bits per heavy atom. The molecule has 1 aromatic heterocycles. The standard InChI is InChI=1S/C21H26N4OS/c1-15-4-6-16(7-5-15)18(13-22-10-11-25(2)3)21(26)24-17-8-9-19-20(12-17)27-14-23-19/h4-9,12,14,18,22H,10-11,13H2,1-3H3,(H,24,26). The maximum atomic E-state index is 13.0. The van der Waals surface area contributed by atoms with E-state index in [4.69, 9.17) is 0 Å². The van der Waals surface area contributed by atoms with Crippen LogP contribution in [0.5, 0.6) is 0 Å². The fourth-order valence-electron chi connectivity index (χ4n) is 2.87. The molecular weight excluding hydrogens is 356 g/mol. The van der Waals surface area contributed by atoms with Crippen molar-refractivity contribution in [2.75, 3.05) is 39.0 Å². The first kappa shape index (κ1) is 19.5. The Morgan fingerprint density at radius 2 is 1.96 bits per heavy atom. The first-order valence-corrected chi connectivity index (χ1v) is 9.97. The van der Waals surface area contributed by atoms with Gasteiger partial charge < -0.3 is 15.5 Å². The number of nitrogens with one attached hydrogen (secondary N) is 2. The second-order valence-corrected chi connectivity index (χ2v) is 7.88. The topological polar surface area (TPSA) is 57.3 Å². The van der Waals surface area contributed by atoms with Gasteiger partial charge in [0.25, 0.3) is 0 Å². The predicted octanol–water partition coefficient (Wildman–Crippen LogP) is 3.48. The van der Waals surface area contributed by atoms with Crippen LogP contribution in [0.3, 0.4) is 0 Å². The second-order valence-electron chi connectivity index (χ2n) is 6.99. The molecule has 3 rings (SSSR count). The van der Waals surface area contributed by atoms with Crippen LogP contribution in [0.4, 0.5) is 5.69 Å². The third-order valence-corrected chi connectivity index (χ3v) is 5.27. The third-order valence-electron chi connectivity index (χ3n) is 4.48. The predicted molar refractivity (Wildman–Crippen MR) is 114 cm³/mol. The summed E-state index contributed by atoms with van der Waals surface area (Å²) in [7, 11) is 4.09. The number of hydrogen-bond acceptors (Lipinski definition) is 5. The highest BCUT2D eigenvalue weighted by molar-refractivity contribution is 7.16. The first-order valence-electron chi connectivity index (χ1n) is 9.09. The fraction of sp³-hybridized carbons (Fsp3) is 0.333. The molecule has 1 heterocycles. The van der Waals surface area contributed by atoms with Crippen LogP contribution in [0.2, 0.25) is 0 Å². The zero-order chi connectivity index (χ0) is 19.2. The van der Waals surface area contributed by atoms with Gasteiger partial charge in [-0.05, 0) is 44.8 Å². The van der Waals surface area contributed by atoms with Gasteiger partial charge in [0, 0.05) is 25.3 Å². The van der Waals surface area contributed by atoms with Crippen molar-refractivity contribution >= 4 is 33.1 Å². The molecule has 1 unspecified atom stereocenters. The Hall–Kier alpha value is -2.28. The molecular formula is C21H26N4OS. The van der Waals surface area contributed by atoms with E-state index in [1.165, 1.54) is 5.56 Å². The average molecular weight is 383 g/mol. The Labute approximate surface area is 164 Å². The number of carbonyl (C=O) groups excluding carboxylic acids is 1. The Kier molecular flexibility index (Phi) is 6.55. The minimum atomic E-state index is -0.245. The monoisotopic (exact) mass is 382 g/mol. The average Bonchev–Trinajstić information content (AvgIpc) is 3.10. The second kappa shape index (κ2) is 9.08. The molecule has 27 heavy (non-hydrogen) atoms. The summed E-state index contributed by atoms with van der Waals surface area (Å²) in [5.41, 5.74) is 5.80. The molecule has 6 heteroatoms. The normalized spacial score (nSPS) is 12.4. The minimum absolute atomic E-state index is 0.0000661. The van der Waals surface area contributed by atoms with Gasteiger partial charge in [0.1, 0.15) is 0 Å². The summed E-state index contributed by atoms with van der Waals surface area (Å²) in [6.45, 7) is 4.43. The molecule has 2 aromatic carbocycles. The molecule has 5 nitrogen and oxygen atoms in total. The molecule has 0 spiro atoms. The molecule has 0 bridgehead atoms. The van der Waals surface area contributed by atoms with Crippen LogP contribution in [0.25, 0.3) is 10.2 Å². The number of likely N-dealkylation sites (N-methyl/N-ethyl adjacent to an activating group) is 1. The van der Waals surface area contributed by atoms with Gasteiger partial charge in [-0.15, -0.1) is 11.3 Å². The van der Waals surface area contributed by atoms with E-state index in [0.29, 0.717) is 6.54 Å². The molecule has 2 N–H and O–H groups in total. The van der Waals surface area contributed by atoms with Crippen LogP contribution in [0, 0.1) is 6.92 Å². The number of benzene rings is 2. The number of amides is 1. The summed E-state index contributed by atoms with van der Waals surface area (Å²) in [5, 5.41) is 6.49. The van der Waals surface area contributed by atoms with Crippen LogP contribution in [-0.4, -0.2) is 49.5 Å². The molecule has 0 saturated heterocycles. The van der Waals surface area contributed by atoms with Crippen molar-refractivity contribution in [3.05, 3.63) is 59.1 Å². The quantitative estimate of drug-likeness (QED) is 0.586. The smallest absolute Gasteiger partial charge is 0.233 e. The molecule has 1 amide bonds. The van der Waals surface area contributed by atoms with Crippen molar-refractivity contribution in [2.45, 2.75) is 12.8 Å². The number of thiazole rings is 1. The minimum Gasteiger partial charge on any atom is -0.325 e. The SMILES string of the molecule is Cc1ccc(C(CNCCN(C)C)C(=O)Nc2ccc3ncsc3c2)cc1. The van der Waals surface area contributed by atoms with E-state index in [9.17, 15) is 4.79 Å². The van der Waals surface area contributed by atoms with E-state index >= 15 is 0 Å².